The van der Waals surface area contributed by atoms with E-state index in [1.165, 1.54) is 6.07 Å². The quantitative estimate of drug-likeness (QED) is 0.530. The number of hydrogen-bond acceptors (Lipinski definition) is 5. The second-order valence-electron chi connectivity index (χ2n) is 4.73. The highest BCUT2D eigenvalue weighted by atomic mass is 16.6. The molecule has 0 saturated carbocycles. The van der Waals surface area contributed by atoms with Crippen LogP contribution in [0.3, 0.4) is 0 Å². The Labute approximate surface area is 123 Å². The maximum absolute atomic E-state index is 11.3. The lowest BCUT2D eigenvalue weighted by Gasteiger charge is -2.16. The second kappa shape index (κ2) is 8.21. The SMILES string of the molecule is CCCNC(CCOc1c(C)cccc1[N+](=O)[O-])C(N)=O. The molecular weight excluding hydrogens is 274 g/mol. The first-order valence-corrected chi connectivity index (χ1v) is 6.86. The number of nitrogens with one attached hydrogen (secondary N) is 1. The summed E-state index contributed by atoms with van der Waals surface area (Å²) in [6.45, 7) is 4.58. The van der Waals surface area contributed by atoms with Crippen LogP contribution in [0.15, 0.2) is 18.2 Å². The topological polar surface area (TPSA) is 107 Å². The molecular formula is C14H21N3O4. The van der Waals surface area contributed by atoms with Gasteiger partial charge >= 0.3 is 5.69 Å². The molecule has 1 amide bonds. The van der Waals surface area contributed by atoms with Gasteiger partial charge < -0.3 is 15.8 Å². The second-order valence-corrected chi connectivity index (χ2v) is 4.73. The zero-order valence-electron chi connectivity index (χ0n) is 12.3. The lowest BCUT2D eigenvalue weighted by Crippen LogP contribution is -2.42. The number of nitro benzene ring substituents is 1. The molecule has 0 fully saturated rings. The summed E-state index contributed by atoms with van der Waals surface area (Å²) in [4.78, 5) is 21.8. The van der Waals surface area contributed by atoms with Crippen molar-refractivity contribution in [3.05, 3.63) is 33.9 Å². The molecule has 0 aliphatic rings. The molecule has 0 bridgehead atoms. The minimum absolute atomic E-state index is 0.0767. The van der Waals surface area contributed by atoms with Gasteiger partial charge in [0, 0.05) is 12.5 Å². The number of nitrogens with two attached hydrogens (primary N) is 1. The van der Waals surface area contributed by atoms with E-state index < -0.39 is 16.9 Å². The van der Waals surface area contributed by atoms with Gasteiger partial charge in [0.2, 0.25) is 5.91 Å². The number of carbonyl (C=O) groups is 1. The molecule has 0 spiro atoms. The molecule has 7 heteroatoms. The van der Waals surface area contributed by atoms with Crippen molar-refractivity contribution in [3.63, 3.8) is 0 Å². The van der Waals surface area contributed by atoms with E-state index in [0.717, 1.165) is 6.42 Å². The molecule has 0 heterocycles. The number of nitro groups is 1. The Morgan fingerprint density at radius 3 is 2.81 bits per heavy atom. The molecule has 7 nitrogen and oxygen atoms in total. The third kappa shape index (κ3) is 5.03. The molecule has 0 aliphatic carbocycles. The molecule has 1 aromatic rings. The molecule has 116 valence electrons. The number of carbonyl (C=O) groups excluding carboxylic acids is 1. The summed E-state index contributed by atoms with van der Waals surface area (Å²) < 4.78 is 5.50. The Hall–Kier alpha value is -2.15. The van der Waals surface area contributed by atoms with E-state index in [0.29, 0.717) is 18.5 Å². The number of nitrogens with zero attached hydrogens (tertiary/aromatic N) is 1. The summed E-state index contributed by atoms with van der Waals surface area (Å²) in [5.74, 6) is -0.215. The highest BCUT2D eigenvalue weighted by Crippen LogP contribution is 2.30. The summed E-state index contributed by atoms with van der Waals surface area (Å²) in [5.41, 5.74) is 5.90. The predicted molar refractivity (Wildman–Crippen MR) is 79.2 cm³/mol. The van der Waals surface area contributed by atoms with Crippen molar-refractivity contribution >= 4 is 11.6 Å². The number of ether oxygens (including phenoxy) is 1. The Bertz CT molecular complexity index is 505. The minimum atomic E-state index is -0.493. The van der Waals surface area contributed by atoms with E-state index in [-0.39, 0.29) is 18.0 Å². The molecule has 0 saturated heterocycles. The Kier molecular flexibility index (Phi) is 6.61. The summed E-state index contributed by atoms with van der Waals surface area (Å²) >= 11 is 0. The molecule has 0 aliphatic heterocycles. The molecule has 1 rings (SSSR count). The minimum Gasteiger partial charge on any atom is -0.487 e. The number of para-hydroxylation sites is 1. The van der Waals surface area contributed by atoms with Crippen LogP contribution in [0.5, 0.6) is 5.75 Å². The van der Waals surface area contributed by atoms with Crippen molar-refractivity contribution in [3.8, 4) is 5.75 Å². The van der Waals surface area contributed by atoms with Crippen molar-refractivity contribution < 1.29 is 14.5 Å². The summed E-state index contributed by atoms with van der Waals surface area (Å²) in [6, 6.07) is 4.25. The van der Waals surface area contributed by atoms with Crippen molar-refractivity contribution in [2.75, 3.05) is 13.2 Å². The largest absolute Gasteiger partial charge is 0.487 e. The van der Waals surface area contributed by atoms with Gasteiger partial charge in [0.05, 0.1) is 17.6 Å². The molecule has 21 heavy (non-hydrogen) atoms. The van der Waals surface area contributed by atoms with E-state index in [2.05, 4.69) is 5.32 Å². The predicted octanol–water partition coefficient (Wildman–Crippen LogP) is 1.53. The number of aryl methyl sites for hydroxylation is 1. The highest BCUT2D eigenvalue weighted by Gasteiger charge is 2.19. The van der Waals surface area contributed by atoms with E-state index >= 15 is 0 Å². The maximum Gasteiger partial charge on any atom is 0.311 e. The zero-order chi connectivity index (χ0) is 15.8. The highest BCUT2D eigenvalue weighted by molar-refractivity contribution is 5.79. The number of benzene rings is 1. The average Bonchev–Trinajstić information content (AvgIpc) is 2.43. The molecule has 1 atom stereocenters. The molecule has 0 aromatic heterocycles. The van der Waals surface area contributed by atoms with E-state index in [9.17, 15) is 14.9 Å². The smallest absolute Gasteiger partial charge is 0.311 e. The van der Waals surface area contributed by atoms with Crippen LogP contribution in [0, 0.1) is 17.0 Å². The molecule has 3 N–H and O–H groups in total. The van der Waals surface area contributed by atoms with Crippen LogP contribution in [-0.4, -0.2) is 30.0 Å². The number of rotatable bonds is 9. The lowest BCUT2D eigenvalue weighted by molar-refractivity contribution is -0.385. The number of amides is 1. The van der Waals surface area contributed by atoms with Gasteiger partial charge in [0.1, 0.15) is 0 Å². The van der Waals surface area contributed by atoms with Gasteiger partial charge in [-0.05, 0) is 25.5 Å². The lowest BCUT2D eigenvalue weighted by atomic mass is 10.2. The standard InChI is InChI=1S/C14H21N3O4/c1-3-8-16-11(14(15)18)7-9-21-13-10(2)5-4-6-12(13)17(19)20/h4-6,11,16H,3,7-9H2,1-2H3,(H2,15,18). The van der Waals surface area contributed by atoms with Crippen LogP contribution >= 0.6 is 0 Å². The van der Waals surface area contributed by atoms with Crippen molar-refractivity contribution in [1.82, 2.24) is 5.32 Å². The first kappa shape index (κ1) is 16.9. The maximum atomic E-state index is 11.3. The molecule has 1 aromatic carbocycles. The first-order valence-electron chi connectivity index (χ1n) is 6.86. The normalized spacial score (nSPS) is 11.9. The summed E-state index contributed by atoms with van der Waals surface area (Å²) in [5, 5.41) is 14.0. The molecule has 0 radical (unpaired) electrons. The fourth-order valence-electron chi connectivity index (χ4n) is 1.91. The van der Waals surface area contributed by atoms with Gasteiger partial charge in [-0.1, -0.05) is 19.1 Å². The van der Waals surface area contributed by atoms with Gasteiger partial charge in [0.25, 0.3) is 0 Å². The van der Waals surface area contributed by atoms with Crippen molar-refractivity contribution in [2.24, 2.45) is 5.73 Å². The fraction of sp³-hybridized carbons (Fsp3) is 0.500. The van der Waals surface area contributed by atoms with Gasteiger partial charge in [-0.15, -0.1) is 0 Å². The third-order valence-electron chi connectivity index (χ3n) is 3.02. The zero-order valence-corrected chi connectivity index (χ0v) is 12.3. The number of primary amides is 1. The van der Waals surface area contributed by atoms with Gasteiger partial charge in [0.15, 0.2) is 5.75 Å². The monoisotopic (exact) mass is 295 g/mol. The van der Waals surface area contributed by atoms with Crippen LogP contribution in [0.1, 0.15) is 25.3 Å². The van der Waals surface area contributed by atoms with E-state index in [1.807, 2.05) is 6.92 Å². The Morgan fingerprint density at radius 1 is 1.52 bits per heavy atom. The number of hydrogen-bond donors (Lipinski definition) is 2. The average molecular weight is 295 g/mol. The molecule has 1 unspecified atom stereocenters. The van der Waals surface area contributed by atoms with Gasteiger partial charge in [-0.2, -0.15) is 0 Å². The van der Waals surface area contributed by atoms with Crippen LogP contribution in [-0.2, 0) is 4.79 Å². The summed E-state index contributed by atoms with van der Waals surface area (Å²) in [7, 11) is 0. The Balaban J connectivity index is 2.66. The van der Waals surface area contributed by atoms with E-state index in [4.69, 9.17) is 10.5 Å². The summed E-state index contributed by atoms with van der Waals surface area (Å²) in [6.07, 6.45) is 1.24. The van der Waals surface area contributed by atoms with Gasteiger partial charge in [-0.25, -0.2) is 0 Å². The van der Waals surface area contributed by atoms with Crippen molar-refractivity contribution in [1.29, 1.82) is 0 Å². The Morgan fingerprint density at radius 2 is 2.24 bits per heavy atom. The van der Waals surface area contributed by atoms with Crippen molar-refractivity contribution in [2.45, 2.75) is 32.7 Å². The van der Waals surface area contributed by atoms with Gasteiger partial charge in [-0.3, -0.25) is 14.9 Å². The van der Waals surface area contributed by atoms with Crippen LogP contribution in [0.25, 0.3) is 0 Å². The van der Waals surface area contributed by atoms with E-state index in [1.54, 1.807) is 19.1 Å². The van der Waals surface area contributed by atoms with Crippen LogP contribution < -0.4 is 15.8 Å². The van der Waals surface area contributed by atoms with Crippen LogP contribution in [0.2, 0.25) is 0 Å². The fourth-order valence-corrected chi connectivity index (χ4v) is 1.91. The third-order valence-corrected chi connectivity index (χ3v) is 3.02. The van der Waals surface area contributed by atoms with Crippen LogP contribution in [0.4, 0.5) is 5.69 Å². The first-order chi connectivity index (χ1) is 9.97.